The second-order valence-electron chi connectivity index (χ2n) is 4.34. The normalized spacial score (nSPS) is 12.4. The Morgan fingerprint density at radius 2 is 2.41 bits per heavy atom. The van der Waals surface area contributed by atoms with Crippen LogP contribution in [0.25, 0.3) is 0 Å². The first-order chi connectivity index (χ1) is 8.11. The Hall–Kier alpha value is -0.940. The van der Waals surface area contributed by atoms with Crippen LogP contribution in [0.3, 0.4) is 0 Å². The highest BCUT2D eigenvalue weighted by molar-refractivity contribution is 7.09. The zero-order valence-corrected chi connectivity index (χ0v) is 11.3. The molecule has 0 aliphatic heterocycles. The van der Waals surface area contributed by atoms with Crippen LogP contribution < -0.4 is 11.1 Å². The smallest absolute Gasteiger partial charge is 0.220 e. The highest BCUT2D eigenvalue weighted by Gasteiger charge is 2.05. The van der Waals surface area contributed by atoms with Crippen molar-refractivity contribution in [3.8, 4) is 0 Å². The minimum atomic E-state index is 0.109. The fourth-order valence-corrected chi connectivity index (χ4v) is 2.08. The van der Waals surface area contributed by atoms with Crippen molar-refractivity contribution in [1.29, 1.82) is 0 Å². The number of thiazole rings is 1. The van der Waals surface area contributed by atoms with Crippen molar-refractivity contribution in [2.45, 2.75) is 33.1 Å². The van der Waals surface area contributed by atoms with Gasteiger partial charge in [-0.2, -0.15) is 0 Å². The van der Waals surface area contributed by atoms with Crippen LogP contribution in [0.5, 0.6) is 0 Å². The molecule has 1 rings (SSSR count). The van der Waals surface area contributed by atoms with Gasteiger partial charge in [0.15, 0.2) is 0 Å². The second kappa shape index (κ2) is 7.40. The number of rotatable bonds is 7. The number of nitrogens with two attached hydrogens (primary N) is 1. The van der Waals surface area contributed by atoms with Gasteiger partial charge >= 0.3 is 0 Å². The quantitative estimate of drug-likeness (QED) is 0.775. The molecule has 5 heteroatoms. The van der Waals surface area contributed by atoms with Crippen molar-refractivity contribution in [2.75, 3.05) is 13.1 Å². The Balaban J connectivity index is 2.12. The van der Waals surface area contributed by atoms with Gasteiger partial charge in [0.05, 0.1) is 10.7 Å². The summed E-state index contributed by atoms with van der Waals surface area (Å²) in [7, 11) is 0. The maximum absolute atomic E-state index is 11.5. The van der Waals surface area contributed by atoms with Crippen molar-refractivity contribution >= 4 is 17.2 Å². The Morgan fingerprint density at radius 1 is 1.65 bits per heavy atom. The molecule has 1 heterocycles. The number of nitrogens with zero attached hydrogens (tertiary/aromatic N) is 1. The SMILES string of the molecule is Cc1nc(CCNC(=O)CCC(C)CN)cs1. The number of nitrogens with one attached hydrogen (secondary N) is 1. The fourth-order valence-electron chi connectivity index (χ4n) is 1.44. The fraction of sp³-hybridized carbons (Fsp3) is 0.667. The molecule has 0 radical (unpaired) electrons. The van der Waals surface area contributed by atoms with Crippen molar-refractivity contribution in [1.82, 2.24) is 10.3 Å². The lowest BCUT2D eigenvalue weighted by atomic mass is 10.1. The van der Waals surface area contributed by atoms with Crippen LogP contribution in [0.15, 0.2) is 5.38 Å². The van der Waals surface area contributed by atoms with Gasteiger partial charge in [0.25, 0.3) is 0 Å². The number of aromatic nitrogens is 1. The lowest BCUT2D eigenvalue weighted by Gasteiger charge is -2.08. The number of amides is 1. The number of carbonyl (C=O) groups excluding carboxylic acids is 1. The number of hydrogen-bond donors (Lipinski definition) is 2. The summed E-state index contributed by atoms with van der Waals surface area (Å²) in [5.41, 5.74) is 6.56. The molecule has 4 nitrogen and oxygen atoms in total. The van der Waals surface area contributed by atoms with E-state index in [4.69, 9.17) is 5.73 Å². The monoisotopic (exact) mass is 255 g/mol. The van der Waals surface area contributed by atoms with Crippen molar-refractivity contribution in [3.05, 3.63) is 16.1 Å². The summed E-state index contributed by atoms with van der Waals surface area (Å²) in [5.74, 6) is 0.527. The van der Waals surface area contributed by atoms with Gasteiger partial charge in [0.1, 0.15) is 0 Å². The summed E-state index contributed by atoms with van der Waals surface area (Å²) < 4.78 is 0. The first-order valence-electron chi connectivity index (χ1n) is 5.99. The molecule has 0 spiro atoms. The predicted molar refractivity (Wildman–Crippen MR) is 71.0 cm³/mol. The summed E-state index contributed by atoms with van der Waals surface area (Å²) in [5, 5.41) is 6.02. The van der Waals surface area contributed by atoms with Crippen LogP contribution in [-0.4, -0.2) is 24.0 Å². The van der Waals surface area contributed by atoms with Gasteiger partial charge < -0.3 is 11.1 Å². The highest BCUT2D eigenvalue weighted by Crippen LogP contribution is 2.08. The van der Waals surface area contributed by atoms with E-state index in [1.807, 2.05) is 12.3 Å². The van der Waals surface area contributed by atoms with Gasteiger partial charge in [0, 0.05) is 24.8 Å². The summed E-state index contributed by atoms with van der Waals surface area (Å²) in [4.78, 5) is 15.8. The van der Waals surface area contributed by atoms with Crippen molar-refractivity contribution in [3.63, 3.8) is 0 Å². The summed E-state index contributed by atoms with van der Waals surface area (Å²) >= 11 is 1.64. The number of hydrogen-bond acceptors (Lipinski definition) is 4. The molecule has 0 bridgehead atoms. The lowest BCUT2D eigenvalue weighted by molar-refractivity contribution is -0.121. The molecule has 0 saturated carbocycles. The predicted octanol–water partition coefficient (Wildman–Crippen LogP) is 1.49. The van der Waals surface area contributed by atoms with E-state index < -0.39 is 0 Å². The highest BCUT2D eigenvalue weighted by atomic mass is 32.1. The molecule has 0 saturated heterocycles. The molecule has 0 aliphatic rings. The molecule has 96 valence electrons. The first kappa shape index (κ1) is 14.1. The summed E-state index contributed by atoms with van der Waals surface area (Å²) in [6.07, 6.45) is 2.23. The molecule has 0 aliphatic carbocycles. The zero-order valence-electron chi connectivity index (χ0n) is 10.5. The lowest BCUT2D eigenvalue weighted by Crippen LogP contribution is -2.26. The Kier molecular flexibility index (Phi) is 6.15. The first-order valence-corrected chi connectivity index (χ1v) is 6.87. The van der Waals surface area contributed by atoms with Crippen LogP contribution in [0.2, 0.25) is 0 Å². The molecule has 0 aromatic carbocycles. The third kappa shape index (κ3) is 5.79. The number of carbonyl (C=O) groups is 1. The molecule has 1 unspecified atom stereocenters. The van der Waals surface area contributed by atoms with Gasteiger partial charge in [-0.15, -0.1) is 11.3 Å². The van der Waals surface area contributed by atoms with Crippen LogP contribution in [-0.2, 0) is 11.2 Å². The van der Waals surface area contributed by atoms with E-state index in [1.165, 1.54) is 0 Å². The van der Waals surface area contributed by atoms with Gasteiger partial charge in [-0.25, -0.2) is 4.98 Å². The molecule has 3 N–H and O–H groups in total. The zero-order chi connectivity index (χ0) is 12.7. The summed E-state index contributed by atoms with van der Waals surface area (Å²) in [6.45, 7) is 5.36. The van der Waals surface area contributed by atoms with E-state index in [1.54, 1.807) is 11.3 Å². The standard InChI is InChI=1S/C12H21N3OS/c1-9(7-13)3-4-12(16)14-6-5-11-8-17-10(2)15-11/h8-9H,3-7,13H2,1-2H3,(H,14,16). The van der Waals surface area contributed by atoms with Crippen LogP contribution in [0.4, 0.5) is 0 Å². The van der Waals surface area contributed by atoms with E-state index in [0.29, 0.717) is 25.4 Å². The van der Waals surface area contributed by atoms with Crippen LogP contribution >= 0.6 is 11.3 Å². The molecule has 1 aromatic rings. The maximum atomic E-state index is 11.5. The van der Waals surface area contributed by atoms with Crippen LogP contribution in [0.1, 0.15) is 30.5 Å². The molecule has 1 atom stereocenters. The molecule has 0 fully saturated rings. The summed E-state index contributed by atoms with van der Waals surface area (Å²) in [6, 6.07) is 0. The minimum absolute atomic E-state index is 0.109. The molecule has 1 aromatic heterocycles. The Morgan fingerprint density at radius 3 is 3.00 bits per heavy atom. The van der Waals surface area contributed by atoms with Crippen LogP contribution in [0, 0.1) is 12.8 Å². The van der Waals surface area contributed by atoms with Gasteiger partial charge in [-0.1, -0.05) is 6.92 Å². The molecule has 1 amide bonds. The molecular formula is C12H21N3OS. The molecular weight excluding hydrogens is 234 g/mol. The van der Waals surface area contributed by atoms with E-state index in [-0.39, 0.29) is 5.91 Å². The Bertz CT molecular complexity index is 351. The van der Waals surface area contributed by atoms with Crippen molar-refractivity contribution in [2.24, 2.45) is 11.7 Å². The topological polar surface area (TPSA) is 68.0 Å². The van der Waals surface area contributed by atoms with E-state index in [2.05, 4.69) is 17.2 Å². The average molecular weight is 255 g/mol. The molecule has 17 heavy (non-hydrogen) atoms. The van der Waals surface area contributed by atoms with Gasteiger partial charge in [0.2, 0.25) is 5.91 Å². The Labute approximate surface area is 107 Å². The van der Waals surface area contributed by atoms with Crippen molar-refractivity contribution < 1.29 is 4.79 Å². The average Bonchev–Trinajstić information content (AvgIpc) is 2.72. The number of aryl methyl sites for hydroxylation is 1. The minimum Gasteiger partial charge on any atom is -0.356 e. The van der Waals surface area contributed by atoms with E-state index in [9.17, 15) is 4.79 Å². The third-order valence-electron chi connectivity index (χ3n) is 2.64. The largest absolute Gasteiger partial charge is 0.356 e. The third-order valence-corrected chi connectivity index (χ3v) is 3.46. The second-order valence-corrected chi connectivity index (χ2v) is 5.40. The van der Waals surface area contributed by atoms with Gasteiger partial charge in [-0.05, 0) is 25.8 Å². The van der Waals surface area contributed by atoms with Gasteiger partial charge in [-0.3, -0.25) is 4.79 Å². The van der Waals surface area contributed by atoms with E-state index >= 15 is 0 Å². The maximum Gasteiger partial charge on any atom is 0.220 e. The van der Waals surface area contributed by atoms with E-state index in [0.717, 1.165) is 23.5 Å².